The lowest BCUT2D eigenvalue weighted by Crippen LogP contribution is -2.12. The quantitative estimate of drug-likeness (QED) is 0.605. The van der Waals surface area contributed by atoms with E-state index in [0.29, 0.717) is 17.6 Å². The van der Waals surface area contributed by atoms with Gasteiger partial charge >= 0.3 is 0 Å². The molecule has 0 saturated carbocycles. The fourth-order valence-corrected chi connectivity index (χ4v) is 2.57. The zero-order chi connectivity index (χ0) is 17.2. The standard InChI is InChI=1S/C19H17N5O/c1-12(2)20-16-14-10-6-7-11-15(14)21-17(22-16)19-24-23-18(25-19)13-8-4-3-5-9-13/h3-12H,1-2H3,(H,20,21,22). The number of hydrogen-bond acceptors (Lipinski definition) is 6. The molecule has 0 bridgehead atoms. The van der Waals surface area contributed by atoms with Crippen molar-refractivity contribution in [2.45, 2.75) is 19.9 Å². The summed E-state index contributed by atoms with van der Waals surface area (Å²) in [5.41, 5.74) is 1.69. The van der Waals surface area contributed by atoms with Crippen molar-refractivity contribution >= 4 is 16.7 Å². The van der Waals surface area contributed by atoms with Gasteiger partial charge in [0, 0.05) is 17.0 Å². The van der Waals surface area contributed by atoms with Gasteiger partial charge in [0.15, 0.2) is 0 Å². The van der Waals surface area contributed by atoms with Gasteiger partial charge in [-0.05, 0) is 38.1 Å². The Morgan fingerprint density at radius 2 is 1.56 bits per heavy atom. The minimum absolute atomic E-state index is 0.244. The summed E-state index contributed by atoms with van der Waals surface area (Å²) in [4.78, 5) is 9.17. The summed E-state index contributed by atoms with van der Waals surface area (Å²) < 4.78 is 5.79. The summed E-state index contributed by atoms with van der Waals surface area (Å²) in [5.74, 6) is 1.92. The van der Waals surface area contributed by atoms with Gasteiger partial charge in [0.2, 0.25) is 11.7 Å². The van der Waals surface area contributed by atoms with E-state index in [9.17, 15) is 0 Å². The number of rotatable bonds is 4. The summed E-state index contributed by atoms with van der Waals surface area (Å²) in [6, 6.07) is 17.7. The van der Waals surface area contributed by atoms with E-state index in [0.717, 1.165) is 22.3 Å². The first-order chi connectivity index (χ1) is 12.2. The average molecular weight is 331 g/mol. The average Bonchev–Trinajstić information content (AvgIpc) is 3.12. The Hall–Kier alpha value is -3.28. The molecule has 1 N–H and O–H groups in total. The molecule has 0 fully saturated rings. The first-order valence-corrected chi connectivity index (χ1v) is 8.13. The number of benzene rings is 2. The van der Waals surface area contributed by atoms with Gasteiger partial charge in [0.05, 0.1) is 5.52 Å². The highest BCUT2D eigenvalue weighted by Crippen LogP contribution is 2.26. The number of anilines is 1. The molecule has 6 nitrogen and oxygen atoms in total. The summed E-state index contributed by atoms with van der Waals surface area (Å²) in [5, 5.41) is 12.6. The fraction of sp³-hybridized carbons (Fsp3) is 0.158. The second-order valence-electron chi connectivity index (χ2n) is 5.99. The highest BCUT2D eigenvalue weighted by atomic mass is 16.4. The van der Waals surface area contributed by atoms with E-state index >= 15 is 0 Å². The van der Waals surface area contributed by atoms with Gasteiger partial charge in [-0.15, -0.1) is 10.2 Å². The van der Waals surface area contributed by atoms with Gasteiger partial charge < -0.3 is 9.73 Å². The van der Waals surface area contributed by atoms with Crippen LogP contribution in [0.15, 0.2) is 59.0 Å². The van der Waals surface area contributed by atoms with Crippen LogP contribution in [-0.4, -0.2) is 26.2 Å². The van der Waals surface area contributed by atoms with Gasteiger partial charge in [-0.25, -0.2) is 9.97 Å². The van der Waals surface area contributed by atoms with Crippen LogP contribution in [0.3, 0.4) is 0 Å². The maximum atomic E-state index is 5.79. The molecule has 4 aromatic rings. The summed E-state index contributed by atoms with van der Waals surface area (Å²) in [6.45, 7) is 4.13. The predicted molar refractivity (Wildman–Crippen MR) is 97.0 cm³/mol. The molecule has 6 heteroatoms. The SMILES string of the molecule is CC(C)Nc1nc(-c2nnc(-c3ccccc3)o2)nc2ccccc12. The van der Waals surface area contributed by atoms with Crippen molar-refractivity contribution in [3.8, 4) is 23.2 Å². The largest absolute Gasteiger partial charge is 0.413 e. The van der Waals surface area contributed by atoms with E-state index in [1.54, 1.807) is 0 Å². The molecule has 124 valence electrons. The van der Waals surface area contributed by atoms with Crippen LogP contribution < -0.4 is 5.32 Å². The van der Waals surface area contributed by atoms with Gasteiger partial charge in [0.1, 0.15) is 5.82 Å². The third kappa shape index (κ3) is 3.06. The molecular weight excluding hydrogens is 314 g/mol. The monoisotopic (exact) mass is 331 g/mol. The fourth-order valence-electron chi connectivity index (χ4n) is 2.57. The van der Waals surface area contributed by atoms with E-state index in [4.69, 9.17) is 4.42 Å². The summed E-state index contributed by atoms with van der Waals surface area (Å²) in [6.07, 6.45) is 0. The first kappa shape index (κ1) is 15.3. The molecule has 0 amide bonds. The lowest BCUT2D eigenvalue weighted by atomic mass is 10.2. The van der Waals surface area contributed by atoms with Gasteiger partial charge in [-0.2, -0.15) is 0 Å². The number of para-hydroxylation sites is 1. The van der Waals surface area contributed by atoms with Crippen LogP contribution in [-0.2, 0) is 0 Å². The Bertz CT molecular complexity index is 1010. The van der Waals surface area contributed by atoms with Crippen molar-refractivity contribution in [2.24, 2.45) is 0 Å². The van der Waals surface area contributed by atoms with Crippen molar-refractivity contribution in [3.63, 3.8) is 0 Å². The molecule has 0 atom stereocenters. The van der Waals surface area contributed by atoms with Crippen molar-refractivity contribution in [1.82, 2.24) is 20.2 Å². The van der Waals surface area contributed by atoms with Crippen LogP contribution in [0.25, 0.3) is 34.1 Å². The first-order valence-electron chi connectivity index (χ1n) is 8.13. The second-order valence-corrected chi connectivity index (χ2v) is 5.99. The third-order valence-corrected chi connectivity index (χ3v) is 3.67. The van der Waals surface area contributed by atoms with Crippen LogP contribution in [0, 0.1) is 0 Å². The second kappa shape index (κ2) is 6.32. The van der Waals surface area contributed by atoms with Crippen LogP contribution in [0.1, 0.15) is 13.8 Å². The summed E-state index contributed by atoms with van der Waals surface area (Å²) >= 11 is 0. The molecule has 2 heterocycles. The molecule has 25 heavy (non-hydrogen) atoms. The van der Waals surface area contributed by atoms with Crippen molar-refractivity contribution in [3.05, 3.63) is 54.6 Å². The summed E-state index contributed by atoms with van der Waals surface area (Å²) in [7, 11) is 0. The lowest BCUT2D eigenvalue weighted by molar-refractivity contribution is 0.579. The van der Waals surface area contributed by atoms with E-state index in [1.165, 1.54) is 0 Å². The maximum Gasteiger partial charge on any atom is 0.286 e. The highest BCUT2D eigenvalue weighted by molar-refractivity contribution is 5.90. The molecule has 0 radical (unpaired) electrons. The Morgan fingerprint density at radius 3 is 2.36 bits per heavy atom. The van der Waals surface area contributed by atoms with Crippen LogP contribution in [0.4, 0.5) is 5.82 Å². The van der Waals surface area contributed by atoms with Crippen LogP contribution in [0.2, 0.25) is 0 Å². The van der Waals surface area contributed by atoms with Crippen molar-refractivity contribution in [2.75, 3.05) is 5.32 Å². The lowest BCUT2D eigenvalue weighted by Gasteiger charge is -2.12. The zero-order valence-electron chi connectivity index (χ0n) is 14.0. The normalized spacial score (nSPS) is 11.2. The van der Waals surface area contributed by atoms with E-state index < -0.39 is 0 Å². The van der Waals surface area contributed by atoms with Crippen LogP contribution in [0.5, 0.6) is 0 Å². The van der Waals surface area contributed by atoms with Gasteiger partial charge in [-0.3, -0.25) is 0 Å². The molecule has 0 aliphatic carbocycles. The van der Waals surface area contributed by atoms with E-state index in [2.05, 4.69) is 39.3 Å². The molecule has 0 saturated heterocycles. The number of nitrogens with one attached hydrogen (secondary N) is 1. The Labute approximate surface area is 145 Å². The highest BCUT2D eigenvalue weighted by Gasteiger charge is 2.16. The number of nitrogens with zero attached hydrogens (tertiary/aromatic N) is 4. The molecule has 0 unspecified atom stereocenters. The number of hydrogen-bond donors (Lipinski definition) is 1. The minimum atomic E-state index is 0.244. The molecule has 2 aromatic heterocycles. The van der Waals surface area contributed by atoms with Gasteiger partial charge in [-0.1, -0.05) is 30.3 Å². The smallest absolute Gasteiger partial charge is 0.286 e. The maximum absolute atomic E-state index is 5.79. The van der Waals surface area contributed by atoms with E-state index in [-0.39, 0.29) is 6.04 Å². The number of aromatic nitrogens is 4. The zero-order valence-corrected chi connectivity index (χ0v) is 14.0. The number of fused-ring (bicyclic) bond motifs is 1. The Balaban J connectivity index is 1.80. The Morgan fingerprint density at radius 1 is 0.840 bits per heavy atom. The molecule has 4 rings (SSSR count). The molecule has 2 aromatic carbocycles. The molecule has 0 aliphatic rings. The third-order valence-electron chi connectivity index (χ3n) is 3.67. The van der Waals surface area contributed by atoms with Crippen molar-refractivity contribution < 1.29 is 4.42 Å². The molecule has 0 spiro atoms. The molecule has 0 aliphatic heterocycles. The topological polar surface area (TPSA) is 76.7 Å². The molecular formula is C19H17N5O. The van der Waals surface area contributed by atoms with Crippen molar-refractivity contribution in [1.29, 1.82) is 0 Å². The predicted octanol–water partition coefficient (Wildman–Crippen LogP) is 4.17. The van der Waals surface area contributed by atoms with E-state index in [1.807, 2.05) is 54.6 Å². The Kier molecular flexibility index (Phi) is 3.85. The minimum Gasteiger partial charge on any atom is -0.413 e. The van der Waals surface area contributed by atoms with Gasteiger partial charge in [0.25, 0.3) is 5.89 Å². The van der Waals surface area contributed by atoms with Crippen LogP contribution >= 0.6 is 0 Å².